The van der Waals surface area contributed by atoms with Gasteiger partial charge in [0.2, 0.25) is 0 Å². The summed E-state index contributed by atoms with van der Waals surface area (Å²) in [5.74, 6) is 0.594. The van der Waals surface area contributed by atoms with Crippen molar-refractivity contribution in [3.8, 4) is 5.75 Å². The third-order valence-electron chi connectivity index (χ3n) is 4.13. The molecule has 0 saturated heterocycles. The fraction of sp³-hybridized carbons (Fsp3) is 0.143. The van der Waals surface area contributed by atoms with Crippen LogP contribution in [0.25, 0.3) is 0 Å². The molecule has 0 saturated carbocycles. The molecule has 1 atom stereocenters. The van der Waals surface area contributed by atoms with E-state index in [1.54, 1.807) is 30.3 Å². The maximum Gasteiger partial charge on any atom is 0.339 e. The Morgan fingerprint density at radius 2 is 1.28 bits per heavy atom. The summed E-state index contributed by atoms with van der Waals surface area (Å²) >= 11 is 0. The minimum Gasteiger partial charge on any atom is -0.379 e. The van der Waals surface area contributed by atoms with E-state index in [1.807, 2.05) is 30.3 Å². The summed E-state index contributed by atoms with van der Waals surface area (Å²) in [7, 11) is -3.80. The monoisotopic (exact) mass is 352 g/mol. The molecule has 3 aromatic rings. The molecule has 0 heterocycles. The highest BCUT2D eigenvalue weighted by Gasteiger charge is 2.17. The Labute approximate surface area is 149 Å². The summed E-state index contributed by atoms with van der Waals surface area (Å²) in [6.45, 7) is 2.14. The Balaban J connectivity index is 1.81. The molecule has 0 amide bonds. The van der Waals surface area contributed by atoms with Gasteiger partial charge in [-0.1, -0.05) is 67.6 Å². The molecule has 0 spiro atoms. The van der Waals surface area contributed by atoms with Gasteiger partial charge in [-0.15, -0.1) is 0 Å². The highest BCUT2D eigenvalue weighted by Crippen LogP contribution is 2.29. The fourth-order valence-corrected chi connectivity index (χ4v) is 3.82. The van der Waals surface area contributed by atoms with Gasteiger partial charge in [0.1, 0.15) is 10.6 Å². The fourth-order valence-electron chi connectivity index (χ4n) is 2.87. The second-order valence-corrected chi connectivity index (χ2v) is 7.34. The molecule has 3 aromatic carbocycles. The topological polar surface area (TPSA) is 43.4 Å². The van der Waals surface area contributed by atoms with Gasteiger partial charge < -0.3 is 4.18 Å². The average molecular weight is 352 g/mol. The van der Waals surface area contributed by atoms with Crippen molar-refractivity contribution in [3.63, 3.8) is 0 Å². The van der Waals surface area contributed by atoms with E-state index < -0.39 is 10.1 Å². The van der Waals surface area contributed by atoms with Crippen molar-refractivity contribution in [2.75, 3.05) is 0 Å². The number of hydrogen-bond acceptors (Lipinski definition) is 3. The zero-order chi connectivity index (χ0) is 17.7. The lowest BCUT2D eigenvalue weighted by Gasteiger charge is -2.16. The molecule has 25 heavy (non-hydrogen) atoms. The minimum atomic E-state index is -3.80. The van der Waals surface area contributed by atoms with Crippen LogP contribution in [-0.2, 0) is 10.1 Å². The van der Waals surface area contributed by atoms with Gasteiger partial charge in [-0.25, -0.2) is 0 Å². The summed E-state index contributed by atoms with van der Waals surface area (Å²) < 4.78 is 29.8. The van der Waals surface area contributed by atoms with E-state index in [2.05, 4.69) is 19.1 Å². The van der Waals surface area contributed by atoms with E-state index in [0.29, 0.717) is 5.75 Å². The predicted octanol–water partition coefficient (Wildman–Crippen LogP) is 5.00. The van der Waals surface area contributed by atoms with Crippen LogP contribution in [-0.4, -0.2) is 8.42 Å². The van der Waals surface area contributed by atoms with Gasteiger partial charge in [0.25, 0.3) is 0 Å². The molecule has 0 bridgehead atoms. The second-order valence-electron chi connectivity index (χ2n) is 5.79. The van der Waals surface area contributed by atoms with Crippen LogP contribution in [0.3, 0.4) is 0 Å². The number of hydrogen-bond donors (Lipinski definition) is 0. The molecular formula is C21H20O3S. The molecule has 0 aliphatic carbocycles. The first kappa shape index (κ1) is 17.2. The van der Waals surface area contributed by atoms with Crippen molar-refractivity contribution in [3.05, 3.63) is 96.1 Å². The van der Waals surface area contributed by atoms with Crippen molar-refractivity contribution in [2.45, 2.75) is 24.2 Å². The molecule has 0 aromatic heterocycles. The maximum atomic E-state index is 12.3. The third-order valence-corrected chi connectivity index (χ3v) is 5.39. The lowest BCUT2D eigenvalue weighted by molar-refractivity contribution is 0.486. The summed E-state index contributed by atoms with van der Waals surface area (Å²) in [6.07, 6.45) is 0.965. The van der Waals surface area contributed by atoms with Crippen LogP contribution < -0.4 is 4.18 Å². The molecular weight excluding hydrogens is 332 g/mol. The van der Waals surface area contributed by atoms with Gasteiger partial charge >= 0.3 is 10.1 Å². The van der Waals surface area contributed by atoms with Gasteiger partial charge in [-0.2, -0.15) is 8.42 Å². The van der Waals surface area contributed by atoms with E-state index in [4.69, 9.17) is 4.18 Å². The Morgan fingerprint density at radius 1 is 0.760 bits per heavy atom. The van der Waals surface area contributed by atoms with E-state index in [0.717, 1.165) is 12.0 Å². The Hall–Kier alpha value is -2.59. The molecule has 3 nitrogen and oxygen atoms in total. The second kappa shape index (κ2) is 7.53. The first-order valence-corrected chi connectivity index (χ1v) is 9.65. The van der Waals surface area contributed by atoms with Gasteiger partial charge in [0.15, 0.2) is 0 Å². The van der Waals surface area contributed by atoms with Gasteiger partial charge in [-0.05, 0) is 41.8 Å². The molecule has 0 radical (unpaired) electrons. The summed E-state index contributed by atoms with van der Waals surface area (Å²) in [5, 5.41) is 0. The molecule has 3 rings (SSSR count). The molecule has 0 aliphatic heterocycles. The quantitative estimate of drug-likeness (QED) is 0.587. The standard InChI is InChI=1S/C21H20O3S/c1-2-21(17-9-5-3-6-10-17)18-13-15-19(16-14-18)24-25(22,23)20-11-7-4-8-12-20/h3-16,21H,2H2,1H3. The minimum absolute atomic E-state index is 0.148. The van der Waals surface area contributed by atoms with E-state index >= 15 is 0 Å². The largest absolute Gasteiger partial charge is 0.379 e. The highest BCUT2D eigenvalue weighted by molar-refractivity contribution is 7.87. The van der Waals surface area contributed by atoms with Crippen LogP contribution in [0, 0.1) is 0 Å². The zero-order valence-electron chi connectivity index (χ0n) is 14.0. The van der Waals surface area contributed by atoms with Gasteiger partial charge in [0.05, 0.1) is 0 Å². The van der Waals surface area contributed by atoms with Gasteiger partial charge in [-0.3, -0.25) is 0 Å². The number of rotatable bonds is 6. The molecule has 1 unspecified atom stereocenters. The molecule has 0 fully saturated rings. The summed E-state index contributed by atoms with van der Waals surface area (Å²) in [6, 6.07) is 25.7. The van der Waals surface area contributed by atoms with Crippen LogP contribution in [0.4, 0.5) is 0 Å². The Kier molecular flexibility index (Phi) is 5.19. The molecule has 0 aliphatic rings. The maximum absolute atomic E-state index is 12.3. The zero-order valence-corrected chi connectivity index (χ0v) is 14.8. The molecule has 128 valence electrons. The highest BCUT2D eigenvalue weighted by atomic mass is 32.2. The third kappa shape index (κ3) is 4.09. The van der Waals surface area contributed by atoms with Crippen LogP contribution >= 0.6 is 0 Å². The van der Waals surface area contributed by atoms with Gasteiger partial charge in [0, 0.05) is 5.92 Å². The smallest absolute Gasteiger partial charge is 0.339 e. The average Bonchev–Trinajstić information content (AvgIpc) is 2.65. The van der Waals surface area contributed by atoms with Crippen LogP contribution in [0.2, 0.25) is 0 Å². The lowest BCUT2D eigenvalue weighted by Crippen LogP contribution is -2.09. The van der Waals surface area contributed by atoms with Crippen LogP contribution in [0.5, 0.6) is 5.75 Å². The van der Waals surface area contributed by atoms with E-state index in [1.165, 1.54) is 17.7 Å². The van der Waals surface area contributed by atoms with Crippen molar-refractivity contribution >= 4 is 10.1 Å². The molecule has 4 heteroatoms. The first-order valence-electron chi connectivity index (χ1n) is 8.24. The lowest BCUT2D eigenvalue weighted by atomic mass is 9.89. The Morgan fingerprint density at radius 3 is 1.84 bits per heavy atom. The Bertz CT molecular complexity index is 902. The van der Waals surface area contributed by atoms with Crippen molar-refractivity contribution < 1.29 is 12.6 Å². The summed E-state index contributed by atoms with van der Waals surface area (Å²) in [5.41, 5.74) is 2.38. The summed E-state index contributed by atoms with van der Waals surface area (Å²) in [4.78, 5) is 0.148. The number of benzene rings is 3. The predicted molar refractivity (Wildman–Crippen MR) is 99.3 cm³/mol. The van der Waals surface area contributed by atoms with E-state index in [-0.39, 0.29) is 10.8 Å². The first-order chi connectivity index (χ1) is 12.1. The van der Waals surface area contributed by atoms with Crippen molar-refractivity contribution in [1.29, 1.82) is 0 Å². The SMILES string of the molecule is CCC(c1ccccc1)c1ccc(OS(=O)(=O)c2ccccc2)cc1. The normalized spacial score (nSPS) is 12.5. The van der Waals surface area contributed by atoms with Crippen LogP contribution in [0.1, 0.15) is 30.4 Å². The molecule has 0 N–H and O–H groups in total. The van der Waals surface area contributed by atoms with Crippen molar-refractivity contribution in [2.24, 2.45) is 0 Å². The van der Waals surface area contributed by atoms with Crippen molar-refractivity contribution in [1.82, 2.24) is 0 Å². The van der Waals surface area contributed by atoms with Crippen LogP contribution in [0.15, 0.2) is 89.8 Å². The van der Waals surface area contributed by atoms with E-state index in [9.17, 15) is 8.42 Å².